The van der Waals surface area contributed by atoms with Crippen molar-refractivity contribution in [1.29, 1.82) is 0 Å². The lowest BCUT2D eigenvalue weighted by atomic mass is 9.43. The van der Waals surface area contributed by atoms with Crippen LogP contribution in [-0.2, 0) is 0 Å². The normalized spacial score (nSPS) is 13.1. The van der Waals surface area contributed by atoms with Gasteiger partial charge in [0.1, 0.15) is 11.2 Å². The van der Waals surface area contributed by atoms with E-state index in [-0.39, 0.29) is 6.85 Å². The van der Waals surface area contributed by atoms with Crippen LogP contribution in [-0.4, -0.2) is 11.4 Å². The molecule has 0 N–H and O–H groups in total. The highest BCUT2D eigenvalue weighted by Crippen LogP contribution is 2.48. The summed E-state index contributed by atoms with van der Waals surface area (Å²) in [5.74, 6) is 0. The van der Waals surface area contributed by atoms with Gasteiger partial charge in [0.15, 0.2) is 0 Å². The molecule has 7 aromatic carbocycles. The number of furan rings is 1. The zero-order valence-corrected chi connectivity index (χ0v) is 24.8. The Bertz CT molecular complexity index is 2720. The van der Waals surface area contributed by atoms with Gasteiger partial charge in [-0.05, 0) is 70.6 Å². The minimum Gasteiger partial charge on any atom is -0.456 e. The molecule has 9 aromatic rings. The molecule has 2 aliphatic rings. The Hall–Kier alpha value is -6.00. The van der Waals surface area contributed by atoms with Gasteiger partial charge in [-0.1, -0.05) is 103 Å². The molecule has 212 valence electrons. The summed E-state index contributed by atoms with van der Waals surface area (Å²) in [4.78, 5) is 2.56. The molecule has 0 bridgehead atoms. The molecule has 2 aliphatic heterocycles. The Kier molecular flexibility index (Phi) is 4.66. The molecular weight excluding hydrogens is 559 g/mol. The van der Waals surface area contributed by atoms with Gasteiger partial charge in [0.05, 0.1) is 11.0 Å². The number of para-hydroxylation sites is 3. The van der Waals surface area contributed by atoms with Gasteiger partial charge < -0.3 is 13.8 Å². The molecule has 46 heavy (non-hydrogen) atoms. The van der Waals surface area contributed by atoms with Crippen molar-refractivity contribution in [2.75, 3.05) is 4.81 Å². The van der Waals surface area contributed by atoms with Gasteiger partial charge >= 0.3 is 6.85 Å². The van der Waals surface area contributed by atoms with Gasteiger partial charge in [-0.25, -0.2) is 0 Å². The molecule has 2 aromatic heterocycles. The third kappa shape index (κ3) is 3.08. The van der Waals surface area contributed by atoms with E-state index < -0.39 is 0 Å². The predicted molar refractivity (Wildman–Crippen MR) is 193 cm³/mol. The lowest BCUT2D eigenvalue weighted by molar-refractivity contribution is 0.669. The Morgan fingerprint density at radius 2 is 1.04 bits per heavy atom. The monoisotopic (exact) mass is 584 g/mol. The van der Waals surface area contributed by atoms with Crippen molar-refractivity contribution < 1.29 is 4.42 Å². The summed E-state index contributed by atoms with van der Waals surface area (Å²) >= 11 is 0. The third-order valence-corrected chi connectivity index (χ3v) is 10.2. The SMILES string of the molecule is c1ccc(-n2c3ccccc3c3cc4oc5cc6c(cc5c4cc32)N2B(c3ccccc3-c3ccccc32)c2ccccc2-6)cc1. The third-order valence-electron chi connectivity index (χ3n) is 10.2. The topological polar surface area (TPSA) is 21.3 Å². The van der Waals surface area contributed by atoms with Crippen molar-refractivity contribution in [3.05, 3.63) is 152 Å². The first kappa shape index (κ1) is 24.3. The van der Waals surface area contributed by atoms with E-state index in [1.54, 1.807) is 0 Å². The van der Waals surface area contributed by atoms with E-state index in [1.165, 1.54) is 66.4 Å². The Balaban J connectivity index is 1.24. The highest BCUT2D eigenvalue weighted by Gasteiger charge is 2.42. The minimum absolute atomic E-state index is 0.0812. The Morgan fingerprint density at radius 1 is 0.413 bits per heavy atom. The standard InChI is InChI=1S/C42H25BN2O/c1-2-12-26(13-3-1)44-37-20-10-6-17-30(37)32-25-42-33(22-39(32)44)34-23-40-31(24-41(34)46-42)28-15-5-9-19-36(28)43-35-18-8-4-14-27(35)29-16-7-11-21-38(29)45(40)43/h1-25H. The van der Waals surface area contributed by atoms with Crippen molar-refractivity contribution >= 4 is 72.9 Å². The van der Waals surface area contributed by atoms with Gasteiger partial charge in [-0.15, -0.1) is 0 Å². The van der Waals surface area contributed by atoms with E-state index in [4.69, 9.17) is 4.42 Å². The predicted octanol–water partition coefficient (Wildman–Crippen LogP) is 9.59. The molecule has 0 radical (unpaired) electrons. The second-order valence-electron chi connectivity index (χ2n) is 12.5. The summed E-state index contributed by atoms with van der Waals surface area (Å²) in [6, 6.07) is 55.2. The van der Waals surface area contributed by atoms with E-state index >= 15 is 0 Å². The first-order valence-electron chi connectivity index (χ1n) is 15.9. The molecule has 0 amide bonds. The number of anilines is 2. The summed E-state index contributed by atoms with van der Waals surface area (Å²) in [5, 5.41) is 4.69. The van der Waals surface area contributed by atoms with Crippen molar-refractivity contribution in [1.82, 2.24) is 4.57 Å². The molecule has 0 spiro atoms. The largest absolute Gasteiger partial charge is 0.456 e. The second-order valence-corrected chi connectivity index (χ2v) is 12.5. The van der Waals surface area contributed by atoms with Crippen LogP contribution in [0.2, 0.25) is 0 Å². The molecule has 0 saturated heterocycles. The van der Waals surface area contributed by atoms with Gasteiger partial charge in [0.2, 0.25) is 0 Å². The molecule has 11 rings (SSSR count). The van der Waals surface area contributed by atoms with Crippen LogP contribution in [0.4, 0.5) is 11.4 Å². The highest BCUT2D eigenvalue weighted by molar-refractivity contribution is 6.92. The fourth-order valence-corrected chi connectivity index (χ4v) is 8.27. The van der Waals surface area contributed by atoms with Crippen LogP contribution in [0, 0.1) is 0 Å². The molecule has 0 fully saturated rings. The molecular formula is C42H25BN2O. The van der Waals surface area contributed by atoms with Gasteiger partial charge in [0, 0.05) is 49.7 Å². The van der Waals surface area contributed by atoms with Crippen LogP contribution in [0.25, 0.3) is 71.7 Å². The first-order chi connectivity index (χ1) is 22.8. The minimum atomic E-state index is 0.0812. The first-order valence-corrected chi connectivity index (χ1v) is 15.9. The van der Waals surface area contributed by atoms with E-state index in [0.717, 1.165) is 27.6 Å². The molecule has 0 aliphatic carbocycles. The maximum absolute atomic E-state index is 6.74. The lowest BCUT2D eigenvalue weighted by Crippen LogP contribution is -2.59. The summed E-state index contributed by atoms with van der Waals surface area (Å²) in [6.45, 7) is 0.0812. The van der Waals surface area contributed by atoms with E-state index in [9.17, 15) is 0 Å². The average Bonchev–Trinajstić information content (AvgIpc) is 3.64. The van der Waals surface area contributed by atoms with E-state index in [0.29, 0.717) is 0 Å². The smallest absolute Gasteiger partial charge is 0.329 e. The number of aromatic nitrogens is 1. The molecule has 4 heteroatoms. The van der Waals surface area contributed by atoms with Crippen LogP contribution >= 0.6 is 0 Å². The summed E-state index contributed by atoms with van der Waals surface area (Å²) < 4.78 is 9.12. The lowest BCUT2D eigenvalue weighted by Gasteiger charge is -2.43. The van der Waals surface area contributed by atoms with Crippen LogP contribution in [0.15, 0.2) is 156 Å². The van der Waals surface area contributed by atoms with Gasteiger partial charge in [-0.2, -0.15) is 0 Å². The quantitative estimate of drug-likeness (QED) is 0.179. The number of nitrogens with zero attached hydrogens (tertiary/aromatic N) is 2. The summed E-state index contributed by atoms with van der Waals surface area (Å²) in [5.41, 5.74) is 15.5. The van der Waals surface area contributed by atoms with E-state index in [2.05, 4.69) is 161 Å². The zero-order chi connectivity index (χ0) is 29.9. The molecule has 0 unspecified atom stereocenters. The van der Waals surface area contributed by atoms with Gasteiger partial charge in [0.25, 0.3) is 0 Å². The number of benzene rings is 7. The van der Waals surface area contributed by atoms with Crippen LogP contribution < -0.4 is 15.7 Å². The number of rotatable bonds is 1. The van der Waals surface area contributed by atoms with Crippen molar-refractivity contribution in [2.24, 2.45) is 0 Å². The second kappa shape index (κ2) is 8.80. The fraction of sp³-hybridized carbons (Fsp3) is 0. The van der Waals surface area contributed by atoms with Crippen molar-refractivity contribution in [2.45, 2.75) is 0 Å². The molecule has 4 heterocycles. The number of hydrogen-bond donors (Lipinski definition) is 0. The van der Waals surface area contributed by atoms with Crippen LogP contribution in [0.1, 0.15) is 0 Å². The number of hydrogen-bond acceptors (Lipinski definition) is 2. The molecule has 3 nitrogen and oxygen atoms in total. The summed E-state index contributed by atoms with van der Waals surface area (Å²) in [7, 11) is 0. The Morgan fingerprint density at radius 3 is 1.87 bits per heavy atom. The van der Waals surface area contributed by atoms with E-state index in [1.807, 2.05) is 0 Å². The van der Waals surface area contributed by atoms with Crippen LogP contribution in [0.3, 0.4) is 0 Å². The van der Waals surface area contributed by atoms with Gasteiger partial charge in [-0.3, -0.25) is 0 Å². The molecule has 0 atom stereocenters. The number of fused-ring (bicyclic) bond motifs is 17. The highest BCUT2D eigenvalue weighted by atomic mass is 16.3. The molecule has 0 saturated carbocycles. The fourth-order valence-electron chi connectivity index (χ4n) is 8.27. The Labute approximate surface area is 265 Å². The maximum Gasteiger partial charge on any atom is 0.329 e. The van der Waals surface area contributed by atoms with Crippen molar-refractivity contribution in [3.63, 3.8) is 0 Å². The van der Waals surface area contributed by atoms with Crippen LogP contribution in [0.5, 0.6) is 0 Å². The zero-order valence-electron chi connectivity index (χ0n) is 24.8. The average molecular weight is 584 g/mol. The van der Waals surface area contributed by atoms with Crippen molar-refractivity contribution in [3.8, 4) is 27.9 Å². The maximum atomic E-state index is 6.74. The summed E-state index contributed by atoms with van der Waals surface area (Å²) in [6.07, 6.45) is 0.